The standard InChI is InChI=1S/C132H90N6.2Ir/c1-129(2)114-42-21-17-36-106(114)110-56-47-81(72-118(110)129)122-60-51-85(76-134-122)96-28-9-13-32-100(96)90-66-91(101-33-14-10-29-97(101)86-52-61-123(135-77-86)82-48-57-111-107-37-18-22-43-115(107)130(3,4)119(111)73-82)69-94(68-90)104-40-27-41-105(128(104)89-55-64-127(138-80-89)126-46-25-26-65-133-126)95-70-92(102-34-15-11-30-98(102)87-53-62-124(136-78-87)83-49-58-112-108-38-19-23-44-116(108)131(5,6)120(112)74-83)67-93(71-95)103-35-16-12-31-99(103)88-54-63-125(137-79-88)84-50-59-113-109-39-20-24-45-117(109)132(7,8)121(113)75-84;;/h9-45,51-63,65-80H,1-8H3;;/q-6;2*+3. The molecule has 140 heavy (non-hydrogen) atoms. The third-order valence-electron chi connectivity index (χ3n) is 29.8. The quantitative estimate of drug-likeness (QED) is 0.0897. The van der Waals surface area contributed by atoms with Gasteiger partial charge in [-0.05, 0) is 227 Å². The first kappa shape index (κ1) is 88.5. The van der Waals surface area contributed by atoms with Gasteiger partial charge in [0.25, 0.3) is 0 Å². The summed E-state index contributed by atoms with van der Waals surface area (Å²) >= 11 is 0. The maximum atomic E-state index is 5.31. The van der Waals surface area contributed by atoms with Gasteiger partial charge in [-0.25, -0.2) is 12.1 Å². The molecule has 4 aliphatic carbocycles. The van der Waals surface area contributed by atoms with Crippen LogP contribution < -0.4 is 0 Å². The minimum Gasteiger partial charge on any atom is -0.357 e. The van der Waals surface area contributed by atoms with Gasteiger partial charge in [-0.2, -0.15) is 12.1 Å². The first-order valence-electron chi connectivity index (χ1n) is 47.5. The van der Waals surface area contributed by atoms with Crippen molar-refractivity contribution in [3.8, 4) is 223 Å². The van der Waals surface area contributed by atoms with E-state index < -0.39 is 0 Å². The van der Waals surface area contributed by atoms with Crippen LogP contribution in [-0.2, 0) is 61.9 Å². The molecule has 0 N–H and O–H groups in total. The number of hydrogen-bond acceptors (Lipinski definition) is 6. The Morgan fingerprint density at radius 1 is 0.179 bits per heavy atom. The fourth-order valence-electron chi connectivity index (χ4n) is 22.6. The van der Waals surface area contributed by atoms with Crippen LogP contribution in [0, 0.1) is 36.4 Å². The van der Waals surface area contributed by atoms with E-state index >= 15 is 0 Å². The van der Waals surface area contributed by atoms with Crippen LogP contribution in [0.5, 0.6) is 0 Å². The average Bonchev–Trinajstić information content (AvgIpc) is 1.58. The molecule has 6 heterocycles. The summed E-state index contributed by atoms with van der Waals surface area (Å²) in [6.07, 6.45) is 11.9. The van der Waals surface area contributed by atoms with Crippen molar-refractivity contribution in [1.29, 1.82) is 0 Å². The van der Waals surface area contributed by atoms with Crippen LogP contribution in [0.4, 0.5) is 0 Å². The van der Waals surface area contributed by atoms with Crippen molar-refractivity contribution in [2.45, 2.75) is 77.0 Å². The number of hydrogen-bond donors (Lipinski definition) is 0. The van der Waals surface area contributed by atoms with Gasteiger partial charge in [0.05, 0.1) is 0 Å². The molecule has 8 heteroatoms. The van der Waals surface area contributed by atoms with Gasteiger partial charge in [-0.1, -0.05) is 372 Å². The summed E-state index contributed by atoms with van der Waals surface area (Å²) in [7, 11) is 0. The molecule has 0 spiro atoms. The Balaban J connectivity index is 0.00000547. The summed E-state index contributed by atoms with van der Waals surface area (Å²) < 4.78 is 0. The third-order valence-corrected chi connectivity index (χ3v) is 29.8. The molecule has 0 radical (unpaired) electrons. The minimum absolute atomic E-state index is 0. The molecule has 666 valence electrons. The van der Waals surface area contributed by atoms with E-state index in [1.807, 2.05) is 43.1 Å². The van der Waals surface area contributed by atoms with E-state index in [1.165, 1.54) is 89.0 Å². The number of aromatic nitrogens is 6. The van der Waals surface area contributed by atoms with Crippen molar-refractivity contribution in [3.63, 3.8) is 0 Å². The third kappa shape index (κ3) is 14.9. The molecule has 0 fully saturated rings. The Kier molecular flexibility index (Phi) is 22.0. The van der Waals surface area contributed by atoms with Crippen LogP contribution in [0.25, 0.3) is 223 Å². The topological polar surface area (TPSA) is 77.3 Å². The Hall–Kier alpha value is -15.5. The van der Waals surface area contributed by atoms with E-state index in [2.05, 4.69) is 444 Å². The van der Waals surface area contributed by atoms with Crippen LogP contribution in [0.2, 0.25) is 0 Å². The number of nitrogens with zero attached hydrogens (tertiary/aromatic N) is 6. The van der Waals surface area contributed by atoms with E-state index in [4.69, 9.17) is 29.9 Å². The summed E-state index contributed by atoms with van der Waals surface area (Å²) in [6, 6.07) is 154. The zero-order valence-corrected chi connectivity index (χ0v) is 83.2. The van der Waals surface area contributed by atoms with Gasteiger partial charge in [0.2, 0.25) is 0 Å². The maximum absolute atomic E-state index is 5.31. The monoisotopic (exact) mass is 2140 g/mol. The summed E-state index contributed by atoms with van der Waals surface area (Å²) in [4.78, 5) is 31.3. The second-order valence-electron chi connectivity index (χ2n) is 39.1. The molecule has 0 bridgehead atoms. The minimum atomic E-state index is -0.178. The molecule has 15 aromatic carbocycles. The average molecular weight is 2140 g/mol. The van der Waals surface area contributed by atoms with Crippen LogP contribution in [0.3, 0.4) is 0 Å². The fraction of sp³-hybridized carbons (Fsp3) is 0.0909. The van der Waals surface area contributed by atoms with Crippen LogP contribution in [-0.4, -0.2) is 29.9 Å². The normalized spacial score (nSPS) is 13.5. The Bertz CT molecular complexity index is 7650. The molecule has 25 rings (SSSR count). The summed E-state index contributed by atoms with van der Waals surface area (Å²) in [5.41, 5.74) is 50.3. The van der Waals surface area contributed by atoms with E-state index in [0.717, 1.165) is 167 Å². The van der Waals surface area contributed by atoms with Gasteiger partial charge >= 0.3 is 40.2 Å². The molecule has 0 atom stereocenters. The molecule has 0 aliphatic heterocycles. The summed E-state index contributed by atoms with van der Waals surface area (Å²) in [5, 5.41) is 0. The predicted octanol–water partition coefficient (Wildman–Crippen LogP) is 32.7. The zero-order chi connectivity index (χ0) is 92.9. The van der Waals surface area contributed by atoms with Crippen LogP contribution in [0.15, 0.2) is 401 Å². The molecule has 0 saturated carbocycles. The van der Waals surface area contributed by atoms with Crippen molar-refractivity contribution in [2.24, 2.45) is 0 Å². The molecular formula is C132H90Ir2N6. The molecular weight excluding hydrogens is 2050 g/mol. The van der Waals surface area contributed by atoms with E-state index in [-0.39, 0.29) is 61.9 Å². The van der Waals surface area contributed by atoms with E-state index in [0.29, 0.717) is 11.4 Å². The van der Waals surface area contributed by atoms with Gasteiger partial charge < -0.3 is 29.9 Å². The molecule has 0 saturated heterocycles. The van der Waals surface area contributed by atoms with Gasteiger partial charge in [-0.3, -0.25) is 0 Å². The van der Waals surface area contributed by atoms with Gasteiger partial charge in [0.1, 0.15) is 0 Å². The van der Waals surface area contributed by atoms with Crippen molar-refractivity contribution < 1.29 is 40.2 Å². The Morgan fingerprint density at radius 3 is 0.671 bits per heavy atom. The first-order chi connectivity index (χ1) is 67.4. The number of benzene rings is 15. The number of rotatable bonds is 16. The van der Waals surface area contributed by atoms with Crippen molar-refractivity contribution in [3.05, 3.63) is 482 Å². The van der Waals surface area contributed by atoms with Crippen molar-refractivity contribution in [2.75, 3.05) is 0 Å². The molecule has 21 aromatic rings. The molecule has 4 aliphatic rings. The van der Waals surface area contributed by atoms with Gasteiger partial charge in [0, 0.05) is 24.8 Å². The zero-order valence-electron chi connectivity index (χ0n) is 78.5. The second-order valence-corrected chi connectivity index (χ2v) is 39.1. The summed E-state index contributed by atoms with van der Waals surface area (Å²) in [6.45, 7) is 18.6. The van der Waals surface area contributed by atoms with E-state index in [9.17, 15) is 0 Å². The second kappa shape index (κ2) is 34.9. The smallest absolute Gasteiger partial charge is 0.357 e. The Morgan fingerprint density at radius 2 is 0.421 bits per heavy atom. The van der Waals surface area contributed by atoms with Crippen molar-refractivity contribution >= 4 is 0 Å². The first-order valence-corrected chi connectivity index (χ1v) is 47.5. The molecule has 6 nitrogen and oxygen atoms in total. The SMILES string of the molecule is CC1(C)c2ccccc2-c2c[c-]c(-c3ccc(-c4ccccc4-c4cc(-c5ccccc5-c5ccc(-c6[c-]cc7c(c6)C(C)(C)c6ccccc6-7)nc5)cc(-c5cccc(-c6cc(-c7ccccc7-c7ccc(-c8[c-]cc9c(c8)C(C)(C)c8ccccc8-9)nc7)cc(-c7ccccc7-c7ccc(-c8[c-]cc9c(c8)C(C)(C)c8ccccc8-9)nc7)c6)c5-c5c[c-]c(-c6[c-]cccn6)nc5)c4)cn3)cc21.[Ir+3].[Ir+3]. The number of fused-ring (bicyclic) bond motifs is 12. The predicted molar refractivity (Wildman–Crippen MR) is 563 cm³/mol. The van der Waals surface area contributed by atoms with Crippen LogP contribution >= 0.6 is 0 Å². The maximum Gasteiger partial charge on any atom is 3.00 e. The van der Waals surface area contributed by atoms with Crippen LogP contribution in [0.1, 0.15) is 99.9 Å². The largest absolute Gasteiger partial charge is 3.00 e. The Labute approximate surface area is 845 Å². The molecule has 0 amide bonds. The molecule has 6 aromatic heterocycles. The van der Waals surface area contributed by atoms with E-state index in [1.54, 1.807) is 6.20 Å². The summed E-state index contributed by atoms with van der Waals surface area (Å²) in [5.74, 6) is 0. The number of pyridine rings is 6. The van der Waals surface area contributed by atoms with Crippen molar-refractivity contribution in [1.82, 2.24) is 29.9 Å². The van der Waals surface area contributed by atoms with Gasteiger partial charge in [-0.15, -0.1) is 135 Å². The molecule has 0 unspecified atom stereocenters. The fourth-order valence-corrected chi connectivity index (χ4v) is 22.6. The van der Waals surface area contributed by atoms with Gasteiger partial charge in [0.15, 0.2) is 0 Å².